The Bertz CT molecular complexity index is 714. The molecule has 0 fully saturated rings. The molecule has 2 heterocycles. The van der Waals surface area contributed by atoms with Crippen molar-refractivity contribution in [1.29, 1.82) is 0 Å². The molecule has 104 valence electrons. The van der Waals surface area contributed by atoms with Crippen LogP contribution in [0.2, 0.25) is 0 Å². The van der Waals surface area contributed by atoms with E-state index in [1.165, 1.54) is 10.9 Å². The predicted molar refractivity (Wildman–Crippen MR) is 83.2 cm³/mol. The molecule has 0 amide bonds. The molecule has 0 radical (unpaired) electrons. The first kappa shape index (κ1) is 13.3. The van der Waals surface area contributed by atoms with Crippen LogP contribution in [0.25, 0.3) is 10.9 Å². The van der Waals surface area contributed by atoms with Gasteiger partial charge in [-0.1, -0.05) is 6.92 Å². The average molecular weight is 334 g/mol. The van der Waals surface area contributed by atoms with Gasteiger partial charge in [0, 0.05) is 17.1 Å². The van der Waals surface area contributed by atoms with Crippen molar-refractivity contribution in [3.8, 4) is 5.75 Å². The fourth-order valence-electron chi connectivity index (χ4n) is 2.23. The Labute approximate surface area is 126 Å². The molecule has 0 spiro atoms. The molecular formula is C16H16BrNO2. The van der Waals surface area contributed by atoms with E-state index in [2.05, 4.69) is 51.8 Å². The van der Waals surface area contributed by atoms with Gasteiger partial charge >= 0.3 is 0 Å². The number of halogens is 1. The number of aromatic nitrogens is 1. The van der Waals surface area contributed by atoms with E-state index in [4.69, 9.17) is 9.15 Å². The molecule has 0 saturated carbocycles. The van der Waals surface area contributed by atoms with Gasteiger partial charge in [-0.2, -0.15) is 0 Å². The summed E-state index contributed by atoms with van der Waals surface area (Å²) in [5.41, 5.74) is 1.18. The first-order chi connectivity index (χ1) is 9.76. The highest BCUT2D eigenvalue weighted by Gasteiger charge is 2.06. The van der Waals surface area contributed by atoms with Crippen molar-refractivity contribution in [1.82, 2.24) is 4.57 Å². The highest BCUT2D eigenvalue weighted by Crippen LogP contribution is 2.24. The Morgan fingerprint density at radius 1 is 1.20 bits per heavy atom. The van der Waals surface area contributed by atoms with Crippen molar-refractivity contribution in [3.63, 3.8) is 0 Å². The van der Waals surface area contributed by atoms with Gasteiger partial charge in [0.15, 0.2) is 4.67 Å². The number of benzene rings is 1. The van der Waals surface area contributed by atoms with E-state index in [-0.39, 0.29) is 0 Å². The van der Waals surface area contributed by atoms with Crippen molar-refractivity contribution >= 4 is 26.8 Å². The predicted octanol–water partition coefficient (Wildman–Crippen LogP) is 4.83. The molecule has 0 N–H and O–H groups in total. The van der Waals surface area contributed by atoms with E-state index in [1.54, 1.807) is 0 Å². The van der Waals surface area contributed by atoms with Crippen LogP contribution >= 0.6 is 15.9 Å². The molecule has 0 saturated heterocycles. The minimum atomic E-state index is 0.726. The fraction of sp³-hybridized carbons (Fsp3) is 0.250. The summed E-state index contributed by atoms with van der Waals surface area (Å²) >= 11 is 3.33. The third-order valence-corrected chi connectivity index (χ3v) is 3.60. The summed E-state index contributed by atoms with van der Waals surface area (Å²) in [6, 6.07) is 12.2. The topological polar surface area (TPSA) is 27.3 Å². The summed E-state index contributed by atoms with van der Waals surface area (Å²) in [5.74, 6) is 1.86. The standard InChI is InChI=1S/C16H16BrNO2/c1-2-9-19-13-3-5-15-12(10-13)7-8-18(15)11-14-4-6-16(17)20-14/h3-8,10H,2,9,11H2,1H3. The molecule has 1 aromatic carbocycles. The first-order valence-electron chi connectivity index (χ1n) is 6.72. The van der Waals surface area contributed by atoms with Crippen LogP contribution in [0.5, 0.6) is 5.75 Å². The van der Waals surface area contributed by atoms with Gasteiger partial charge in [-0.05, 0) is 58.7 Å². The molecule has 0 aliphatic heterocycles. The van der Waals surface area contributed by atoms with Crippen LogP contribution in [0.3, 0.4) is 0 Å². The number of furan rings is 1. The molecular weight excluding hydrogens is 318 g/mol. The second kappa shape index (κ2) is 5.75. The lowest BCUT2D eigenvalue weighted by molar-refractivity contribution is 0.318. The molecule has 3 aromatic rings. The lowest BCUT2D eigenvalue weighted by Gasteiger charge is -2.06. The minimum absolute atomic E-state index is 0.726. The third kappa shape index (κ3) is 2.75. The first-order valence-corrected chi connectivity index (χ1v) is 7.51. The van der Waals surface area contributed by atoms with Crippen molar-refractivity contribution in [2.75, 3.05) is 6.61 Å². The zero-order valence-electron chi connectivity index (χ0n) is 11.3. The van der Waals surface area contributed by atoms with Crippen LogP contribution in [-0.4, -0.2) is 11.2 Å². The number of rotatable bonds is 5. The SMILES string of the molecule is CCCOc1ccc2c(ccn2Cc2ccc(Br)o2)c1. The smallest absolute Gasteiger partial charge is 0.169 e. The Balaban J connectivity index is 1.85. The molecule has 20 heavy (non-hydrogen) atoms. The second-order valence-corrected chi connectivity index (χ2v) is 5.50. The second-order valence-electron chi connectivity index (χ2n) is 4.72. The van der Waals surface area contributed by atoms with E-state index >= 15 is 0 Å². The molecule has 3 rings (SSSR count). The summed E-state index contributed by atoms with van der Waals surface area (Å²) in [6.45, 7) is 3.59. The van der Waals surface area contributed by atoms with E-state index < -0.39 is 0 Å². The van der Waals surface area contributed by atoms with E-state index in [9.17, 15) is 0 Å². The van der Waals surface area contributed by atoms with Crippen LogP contribution in [0.15, 0.2) is 51.7 Å². The summed E-state index contributed by atoms with van der Waals surface area (Å²) in [6.07, 6.45) is 3.09. The quantitative estimate of drug-likeness (QED) is 0.668. The molecule has 4 heteroatoms. The minimum Gasteiger partial charge on any atom is -0.494 e. The van der Waals surface area contributed by atoms with Gasteiger partial charge in [0.1, 0.15) is 11.5 Å². The number of nitrogens with zero attached hydrogens (tertiary/aromatic N) is 1. The lowest BCUT2D eigenvalue weighted by Crippen LogP contribution is -1.97. The normalized spacial score (nSPS) is 11.1. The maximum atomic E-state index is 5.66. The summed E-state index contributed by atoms with van der Waals surface area (Å²) < 4.78 is 14.1. The number of hydrogen-bond acceptors (Lipinski definition) is 2. The van der Waals surface area contributed by atoms with Crippen molar-refractivity contribution in [3.05, 3.63) is 53.0 Å². The molecule has 0 atom stereocenters. The number of fused-ring (bicyclic) bond motifs is 1. The van der Waals surface area contributed by atoms with Crippen LogP contribution < -0.4 is 4.74 Å². The van der Waals surface area contributed by atoms with Gasteiger partial charge in [-0.3, -0.25) is 0 Å². The Hall–Kier alpha value is -1.68. The van der Waals surface area contributed by atoms with Gasteiger partial charge in [0.2, 0.25) is 0 Å². The molecule has 3 nitrogen and oxygen atoms in total. The Morgan fingerprint density at radius 2 is 2.10 bits per heavy atom. The summed E-state index contributed by atoms with van der Waals surface area (Å²) in [4.78, 5) is 0. The molecule has 0 unspecified atom stereocenters. The Morgan fingerprint density at radius 3 is 2.85 bits per heavy atom. The number of ether oxygens (including phenoxy) is 1. The van der Waals surface area contributed by atoms with Crippen molar-refractivity contribution < 1.29 is 9.15 Å². The lowest BCUT2D eigenvalue weighted by atomic mass is 10.2. The van der Waals surface area contributed by atoms with Crippen LogP contribution in [0.1, 0.15) is 19.1 Å². The van der Waals surface area contributed by atoms with Gasteiger partial charge in [0.25, 0.3) is 0 Å². The highest BCUT2D eigenvalue weighted by atomic mass is 79.9. The molecule has 0 aliphatic rings. The summed E-state index contributed by atoms with van der Waals surface area (Å²) in [5, 5.41) is 1.18. The van der Waals surface area contributed by atoms with Gasteiger partial charge < -0.3 is 13.7 Å². The van der Waals surface area contributed by atoms with Crippen molar-refractivity contribution in [2.45, 2.75) is 19.9 Å². The zero-order valence-corrected chi connectivity index (χ0v) is 12.9. The number of hydrogen-bond donors (Lipinski definition) is 0. The van der Waals surface area contributed by atoms with Gasteiger partial charge in [-0.15, -0.1) is 0 Å². The van der Waals surface area contributed by atoms with Crippen LogP contribution in [0.4, 0.5) is 0 Å². The Kier molecular flexibility index (Phi) is 3.83. The van der Waals surface area contributed by atoms with Gasteiger partial charge in [0.05, 0.1) is 13.2 Å². The van der Waals surface area contributed by atoms with Crippen molar-refractivity contribution in [2.24, 2.45) is 0 Å². The van der Waals surface area contributed by atoms with E-state index in [1.807, 2.05) is 18.2 Å². The monoisotopic (exact) mass is 333 g/mol. The molecule has 0 bridgehead atoms. The molecule has 2 aromatic heterocycles. The zero-order chi connectivity index (χ0) is 13.9. The maximum absolute atomic E-state index is 5.66. The van der Waals surface area contributed by atoms with E-state index in [0.717, 1.165) is 35.8 Å². The van der Waals surface area contributed by atoms with Crippen LogP contribution in [-0.2, 0) is 6.54 Å². The largest absolute Gasteiger partial charge is 0.494 e. The highest BCUT2D eigenvalue weighted by molar-refractivity contribution is 9.10. The third-order valence-electron chi connectivity index (χ3n) is 3.17. The van der Waals surface area contributed by atoms with Gasteiger partial charge in [-0.25, -0.2) is 0 Å². The molecule has 0 aliphatic carbocycles. The average Bonchev–Trinajstić information content (AvgIpc) is 3.04. The van der Waals surface area contributed by atoms with E-state index in [0.29, 0.717) is 0 Å². The summed E-state index contributed by atoms with van der Waals surface area (Å²) in [7, 11) is 0. The fourth-order valence-corrected chi connectivity index (χ4v) is 2.57. The maximum Gasteiger partial charge on any atom is 0.169 e. The van der Waals surface area contributed by atoms with Crippen LogP contribution in [0, 0.1) is 0 Å².